The molecule has 0 saturated heterocycles. The topological polar surface area (TPSA) is 17.1 Å². The first-order valence-electron chi connectivity index (χ1n) is 15.3. The van der Waals surface area contributed by atoms with E-state index in [0.717, 1.165) is 42.4 Å². The van der Waals surface area contributed by atoms with Crippen molar-refractivity contribution in [3.63, 3.8) is 0 Å². The maximum Gasteiger partial charge on any atom is 0.129 e. The highest BCUT2D eigenvalue weighted by molar-refractivity contribution is 5.75. The highest BCUT2D eigenvalue weighted by Gasteiger charge is 2.70. The van der Waals surface area contributed by atoms with Crippen molar-refractivity contribution in [1.82, 2.24) is 0 Å². The molecule has 194 valence electrons. The van der Waals surface area contributed by atoms with Gasteiger partial charge in [-0.25, -0.2) is 0 Å². The van der Waals surface area contributed by atoms with Crippen molar-refractivity contribution in [2.45, 2.75) is 139 Å². The molecule has 0 aromatic heterocycles. The Hall–Kier alpha value is -0.330. The monoisotopic (exact) mass is 468 g/mol. The van der Waals surface area contributed by atoms with E-state index in [1.807, 2.05) is 0 Å². The fourth-order valence-corrected chi connectivity index (χ4v) is 12.7. The number of carbonyl (C=O) groups is 1. The summed E-state index contributed by atoms with van der Waals surface area (Å²) in [5.41, 5.74) is 2.64. The summed E-state index contributed by atoms with van der Waals surface area (Å²) in [6, 6.07) is 0. The predicted octanol–water partition coefficient (Wildman–Crippen LogP) is 9.48. The SMILES string of the molecule is CC(=O)CCC(C)C1CCC2(C)C1CCC1(C)C2CCC2C3(C)CCCC(C)(C)C3CCC21C. The van der Waals surface area contributed by atoms with E-state index in [0.29, 0.717) is 38.8 Å². The van der Waals surface area contributed by atoms with Gasteiger partial charge in [0.25, 0.3) is 0 Å². The average molecular weight is 469 g/mol. The maximum atomic E-state index is 11.7. The van der Waals surface area contributed by atoms with Crippen LogP contribution in [-0.4, -0.2) is 5.78 Å². The number of rotatable bonds is 4. The van der Waals surface area contributed by atoms with Crippen molar-refractivity contribution in [1.29, 1.82) is 0 Å². The molecule has 5 aliphatic rings. The van der Waals surface area contributed by atoms with Crippen LogP contribution in [0.15, 0.2) is 0 Å². The Bertz CT molecular complexity index is 811. The van der Waals surface area contributed by atoms with Gasteiger partial charge in [-0.3, -0.25) is 0 Å². The third-order valence-electron chi connectivity index (χ3n) is 14.4. The molecule has 0 aliphatic heterocycles. The van der Waals surface area contributed by atoms with E-state index in [1.54, 1.807) is 6.92 Å². The van der Waals surface area contributed by atoms with Crippen molar-refractivity contribution in [3.8, 4) is 0 Å². The normalized spacial score (nSPS) is 52.6. The smallest absolute Gasteiger partial charge is 0.129 e. The zero-order valence-electron chi connectivity index (χ0n) is 24.1. The molecule has 5 saturated carbocycles. The molecule has 0 spiro atoms. The van der Waals surface area contributed by atoms with Crippen LogP contribution in [0.5, 0.6) is 0 Å². The Balaban J connectivity index is 1.43. The first kappa shape index (κ1) is 25.3. The van der Waals surface area contributed by atoms with Gasteiger partial charge in [0.2, 0.25) is 0 Å². The van der Waals surface area contributed by atoms with Crippen molar-refractivity contribution < 1.29 is 4.79 Å². The summed E-state index contributed by atoms with van der Waals surface area (Å²) in [6.07, 6.45) is 18.0. The molecular formula is C33H56O. The van der Waals surface area contributed by atoms with E-state index < -0.39 is 0 Å². The highest BCUT2D eigenvalue weighted by atomic mass is 16.1. The summed E-state index contributed by atoms with van der Waals surface area (Å²) in [6.45, 7) is 20.5. The van der Waals surface area contributed by atoms with Gasteiger partial charge in [-0.2, -0.15) is 0 Å². The minimum absolute atomic E-state index is 0.380. The fraction of sp³-hybridized carbons (Fsp3) is 0.970. The summed E-state index contributed by atoms with van der Waals surface area (Å²) in [4.78, 5) is 11.7. The predicted molar refractivity (Wildman–Crippen MR) is 144 cm³/mol. The molecule has 10 unspecified atom stereocenters. The first-order valence-corrected chi connectivity index (χ1v) is 15.3. The Morgan fingerprint density at radius 3 is 2.00 bits per heavy atom. The quantitative estimate of drug-likeness (QED) is 0.401. The molecule has 0 heterocycles. The van der Waals surface area contributed by atoms with E-state index >= 15 is 0 Å². The molecule has 0 aromatic carbocycles. The van der Waals surface area contributed by atoms with Crippen LogP contribution in [0.3, 0.4) is 0 Å². The largest absolute Gasteiger partial charge is 0.300 e. The molecule has 0 bridgehead atoms. The van der Waals surface area contributed by atoms with Crippen LogP contribution >= 0.6 is 0 Å². The van der Waals surface area contributed by atoms with Crippen LogP contribution < -0.4 is 0 Å². The molecule has 0 radical (unpaired) electrons. The van der Waals surface area contributed by atoms with Crippen LogP contribution in [0.1, 0.15) is 139 Å². The van der Waals surface area contributed by atoms with Crippen LogP contribution in [0.4, 0.5) is 0 Å². The van der Waals surface area contributed by atoms with Gasteiger partial charge in [0.1, 0.15) is 5.78 Å². The Kier molecular flexibility index (Phi) is 6.02. The third-order valence-corrected chi connectivity index (χ3v) is 14.4. The molecule has 5 fully saturated rings. The second-order valence-electron chi connectivity index (χ2n) is 16.0. The van der Waals surface area contributed by atoms with E-state index in [4.69, 9.17) is 0 Å². The molecule has 10 atom stereocenters. The number of ketones is 1. The first-order chi connectivity index (χ1) is 15.8. The van der Waals surface area contributed by atoms with Gasteiger partial charge in [0.05, 0.1) is 0 Å². The number of hydrogen-bond donors (Lipinski definition) is 0. The standard InChI is InChI=1S/C33H56O/c1-22(10-11-23(2)34)24-14-19-30(5)25(24)15-20-32(7)27(30)12-13-28-31(6)18-9-17-29(3,4)26(31)16-21-33(28,32)8/h22,24-28H,9-21H2,1-8H3. The summed E-state index contributed by atoms with van der Waals surface area (Å²) in [5.74, 6) is 5.60. The second kappa shape index (κ2) is 8.08. The molecule has 0 aromatic rings. The lowest BCUT2D eigenvalue weighted by Crippen LogP contribution is -2.65. The number of Topliss-reactive ketones (excluding diaryl/α,β-unsaturated/α-hetero) is 1. The summed E-state index contributed by atoms with van der Waals surface area (Å²) in [7, 11) is 0. The molecule has 5 rings (SSSR count). The Morgan fingerprint density at radius 1 is 0.735 bits per heavy atom. The molecule has 1 nitrogen and oxygen atoms in total. The Morgan fingerprint density at radius 2 is 1.35 bits per heavy atom. The minimum Gasteiger partial charge on any atom is -0.300 e. The minimum atomic E-state index is 0.380. The summed E-state index contributed by atoms with van der Waals surface area (Å²) in [5, 5.41) is 0. The van der Waals surface area contributed by atoms with Gasteiger partial charge in [-0.1, -0.05) is 54.9 Å². The van der Waals surface area contributed by atoms with Crippen molar-refractivity contribution in [2.75, 3.05) is 0 Å². The van der Waals surface area contributed by atoms with Crippen LogP contribution in [0, 0.1) is 62.6 Å². The van der Waals surface area contributed by atoms with Gasteiger partial charge in [-0.15, -0.1) is 0 Å². The molecule has 0 amide bonds. The molecule has 0 N–H and O–H groups in total. The van der Waals surface area contributed by atoms with Crippen molar-refractivity contribution >= 4 is 5.78 Å². The zero-order valence-corrected chi connectivity index (χ0v) is 24.1. The van der Waals surface area contributed by atoms with Gasteiger partial charge in [-0.05, 0) is 140 Å². The lowest BCUT2D eigenvalue weighted by atomic mass is 9.32. The van der Waals surface area contributed by atoms with Crippen LogP contribution in [0.25, 0.3) is 0 Å². The van der Waals surface area contributed by atoms with E-state index in [9.17, 15) is 4.79 Å². The molecular weight excluding hydrogens is 412 g/mol. The number of carbonyl (C=O) groups excluding carboxylic acids is 1. The van der Waals surface area contributed by atoms with Crippen LogP contribution in [0.2, 0.25) is 0 Å². The van der Waals surface area contributed by atoms with Gasteiger partial charge >= 0.3 is 0 Å². The fourth-order valence-electron chi connectivity index (χ4n) is 12.7. The number of fused-ring (bicyclic) bond motifs is 7. The van der Waals surface area contributed by atoms with Crippen molar-refractivity contribution in [2.24, 2.45) is 62.6 Å². The molecule has 1 heteroatoms. The Labute approximate surface area is 212 Å². The summed E-state index contributed by atoms with van der Waals surface area (Å²) >= 11 is 0. The van der Waals surface area contributed by atoms with Crippen molar-refractivity contribution in [3.05, 3.63) is 0 Å². The van der Waals surface area contributed by atoms with E-state index in [2.05, 4.69) is 48.5 Å². The second-order valence-corrected chi connectivity index (χ2v) is 16.0. The molecule has 34 heavy (non-hydrogen) atoms. The highest BCUT2D eigenvalue weighted by Crippen LogP contribution is 2.78. The molecule has 5 aliphatic carbocycles. The average Bonchev–Trinajstić information content (AvgIpc) is 3.09. The zero-order chi connectivity index (χ0) is 24.7. The maximum absolute atomic E-state index is 11.7. The van der Waals surface area contributed by atoms with Gasteiger partial charge in [0.15, 0.2) is 0 Å². The summed E-state index contributed by atoms with van der Waals surface area (Å²) < 4.78 is 0. The van der Waals surface area contributed by atoms with Gasteiger partial charge < -0.3 is 4.79 Å². The lowest BCUT2D eigenvalue weighted by molar-refractivity contribution is -0.241. The van der Waals surface area contributed by atoms with Gasteiger partial charge in [0, 0.05) is 6.42 Å². The third kappa shape index (κ3) is 3.32. The van der Waals surface area contributed by atoms with E-state index in [-0.39, 0.29) is 0 Å². The lowest BCUT2D eigenvalue weighted by Gasteiger charge is -2.73. The van der Waals surface area contributed by atoms with Crippen LogP contribution in [-0.2, 0) is 4.79 Å². The van der Waals surface area contributed by atoms with E-state index in [1.165, 1.54) is 70.6 Å². The number of hydrogen-bond acceptors (Lipinski definition) is 1.